The first-order valence-electron chi connectivity index (χ1n) is 7.69. The molecule has 3 rings (SSSR count). The molecule has 0 saturated heterocycles. The number of aromatic amines is 1. The second kappa shape index (κ2) is 7.50. The van der Waals surface area contributed by atoms with E-state index < -0.39 is 0 Å². The number of aromatic nitrogens is 3. The van der Waals surface area contributed by atoms with Crippen molar-refractivity contribution in [3.05, 3.63) is 65.5 Å². The van der Waals surface area contributed by atoms with E-state index in [0.717, 1.165) is 16.9 Å². The van der Waals surface area contributed by atoms with Crippen molar-refractivity contribution in [2.75, 3.05) is 12.4 Å². The van der Waals surface area contributed by atoms with Gasteiger partial charge < -0.3 is 14.8 Å². The van der Waals surface area contributed by atoms with Crippen LogP contribution in [0.25, 0.3) is 0 Å². The predicted molar refractivity (Wildman–Crippen MR) is 92.2 cm³/mol. The van der Waals surface area contributed by atoms with Crippen LogP contribution in [0.2, 0.25) is 0 Å². The molecule has 0 aliphatic rings. The molecule has 24 heavy (non-hydrogen) atoms. The molecule has 1 heterocycles. The van der Waals surface area contributed by atoms with Crippen LogP contribution >= 0.6 is 0 Å². The van der Waals surface area contributed by atoms with Crippen LogP contribution in [-0.4, -0.2) is 22.3 Å². The second-order valence-corrected chi connectivity index (χ2v) is 5.41. The first kappa shape index (κ1) is 15.9. The Morgan fingerprint density at radius 2 is 1.96 bits per heavy atom. The lowest BCUT2D eigenvalue weighted by Gasteiger charge is -2.15. The second-order valence-electron chi connectivity index (χ2n) is 5.41. The van der Waals surface area contributed by atoms with Crippen molar-refractivity contribution in [2.24, 2.45) is 0 Å². The molecule has 0 aliphatic heterocycles. The minimum atomic E-state index is 0.482. The minimum Gasteiger partial charge on any atom is -0.493 e. The van der Waals surface area contributed by atoms with Gasteiger partial charge in [-0.1, -0.05) is 42.0 Å². The van der Waals surface area contributed by atoms with E-state index in [1.165, 1.54) is 11.9 Å². The molecule has 0 unspecified atom stereocenters. The average molecular weight is 324 g/mol. The van der Waals surface area contributed by atoms with Gasteiger partial charge in [0, 0.05) is 12.1 Å². The molecule has 3 aromatic rings. The molecule has 0 spiro atoms. The van der Waals surface area contributed by atoms with E-state index in [1.54, 1.807) is 7.11 Å². The molecule has 0 aliphatic carbocycles. The lowest BCUT2D eigenvalue weighted by Crippen LogP contribution is -2.06. The van der Waals surface area contributed by atoms with Gasteiger partial charge in [-0.2, -0.15) is 5.10 Å². The molecule has 6 heteroatoms. The Bertz CT molecular complexity index is 770. The summed E-state index contributed by atoms with van der Waals surface area (Å²) in [6.07, 6.45) is 1.46. The molecule has 0 fully saturated rings. The molecule has 0 bridgehead atoms. The topological polar surface area (TPSA) is 72.1 Å². The highest BCUT2D eigenvalue weighted by molar-refractivity contribution is 5.48. The number of methoxy groups -OCH3 is 1. The number of H-pyrrole nitrogens is 1. The number of ether oxygens (including phenoxy) is 2. The van der Waals surface area contributed by atoms with Crippen LogP contribution in [0.5, 0.6) is 11.5 Å². The summed E-state index contributed by atoms with van der Waals surface area (Å²) < 4.78 is 11.5. The summed E-state index contributed by atoms with van der Waals surface area (Å²) in [5, 5.41) is 9.77. The Kier molecular flexibility index (Phi) is 4.96. The van der Waals surface area contributed by atoms with Crippen LogP contribution in [0.1, 0.15) is 16.7 Å². The van der Waals surface area contributed by atoms with Gasteiger partial charge in [0.15, 0.2) is 11.5 Å². The Morgan fingerprint density at radius 3 is 2.67 bits per heavy atom. The maximum atomic E-state index is 6.04. The summed E-state index contributed by atoms with van der Waals surface area (Å²) in [7, 11) is 1.64. The van der Waals surface area contributed by atoms with E-state index in [2.05, 4.69) is 51.7 Å². The van der Waals surface area contributed by atoms with Gasteiger partial charge in [-0.3, -0.25) is 0 Å². The van der Waals surface area contributed by atoms with Crippen molar-refractivity contribution >= 4 is 5.95 Å². The van der Waals surface area contributed by atoms with Crippen molar-refractivity contribution in [2.45, 2.75) is 20.1 Å². The highest BCUT2D eigenvalue weighted by Gasteiger charge is 2.11. The van der Waals surface area contributed by atoms with E-state index in [-0.39, 0.29) is 0 Å². The Hall–Kier alpha value is -3.02. The average Bonchev–Trinajstić information content (AvgIpc) is 3.13. The van der Waals surface area contributed by atoms with E-state index in [1.807, 2.05) is 18.2 Å². The van der Waals surface area contributed by atoms with Crippen molar-refractivity contribution in [3.8, 4) is 11.5 Å². The van der Waals surface area contributed by atoms with Gasteiger partial charge in [-0.15, -0.1) is 0 Å². The molecular weight excluding hydrogens is 304 g/mol. The largest absolute Gasteiger partial charge is 0.493 e. The normalized spacial score (nSPS) is 10.4. The molecule has 6 nitrogen and oxygen atoms in total. The van der Waals surface area contributed by atoms with Crippen LogP contribution in [0.4, 0.5) is 5.95 Å². The molecule has 0 atom stereocenters. The molecular formula is C18H20N4O2. The minimum absolute atomic E-state index is 0.482. The van der Waals surface area contributed by atoms with Crippen molar-refractivity contribution in [1.29, 1.82) is 0 Å². The lowest BCUT2D eigenvalue weighted by molar-refractivity contribution is 0.281. The maximum Gasteiger partial charge on any atom is 0.218 e. The van der Waals surface area contributed by atoms with Gasteiger partial charge in [-0.25, -0.2) is 10.1 Å². The van der Waals surface area contributed by atoms with E-state index in [0.29, 0.717) is 24.8 Å². The van der Waals surface area contributed by atoms with Crippen molar-refractivity contribution < 1.29 is 9.47 Å². The summed E-state index contributed by atoms with van der Waals surface area (Å²) >= 11 is 0. The van der Waals surface area contributed by atoms with Crippen LogP contribution in [0.15, 0.2) is 48.8 Å². The first-order valence-corrected chi connectivity index (χ1v) is 7.69. The highest BCUT2D eigenvalue weighted by Crippen LogP contribution is 2.32. The number of aryl methyl sites for hydroxylation is 1. The van der Waals surface area contributed by atoms with Gasteiger partial charge in [0.1, 0.15) is 12.9 Å². The van der Waals surface area contributed by atoms with E-state index in [4.69, 9.17) is 9.47 Å². The number of para-hydroxylation sites is 1. The fourth-order valence-electron chi connectivity index (χ4n) is 2.33. The summed E-state index contributed by atoms with van der Waals surface area (Å²) in [6.45, 7) is 3.10. The van der Waals surface area contributed by atoms with Crippen molar-refractivity contribution in [1.82, 2.24) is 15.2 Å². The Labute approximate surface area is 140 Å². The molecule has 2 aromatic carbocycles. The van der Waals surface area contributed by atoms with E-state index in [9.17, 15) is 0 Å². The maximum absolute atomic E-state index is 6.04. The van der Waals surface area contributed by atoms with Gasteiger partial charge in [0.2, 0.25) is 5.95 Å². The zero-order valence-corrected chi connectivity index (χ0v) is 13.7. The standard InChI is InChI=1S/C18H20N4O2/c1-13-6-8-14(9-7-13)11-24-17-15(4-3-5-16(17)23-2)10-19-18-20-12-21-22-18/h3-9,12H,10-11H2,1-2H3,(H2,19,20,21,22). The summed E-state index contributed by atoms with van der Waals surface area (Å²) in [5.41, 5.74) is 3.33. The van der Waals surface area contributed by atoms with Crippen LogP contribution in [-0.2, 0) is 13.2 Å². The Morgan fingerprint density at radius 1 is 1.12 bits per heavy atom. The number of hydrogen-bond donors (Lipinski definition) is 2. The number of anilines is 1. The fraction of sp³-hybridized carbons (Fsp3) is 0.222. The third-order valence-corrected chi connectivity index (χ3v) is 3.65. The van der Waals surface area contributed by atoms with Crippen LogP contribution in [0.3, 0.4) is 0 Å². The number of nitrogens with one attached hydrogen (secondary N) is 2. The first-order chi connectivity index (χ1) is 11.8. The number of hydrogen-bond acceptors (Lipinski definition) is 5. The van der Waals surface area contributed by atoms with Crippen LogP contribution in [0, 0.1) is 6.92 Å². The Balaban J connectivity index is 1.75. The van der Waals surface area contributed by atoms with Gasteiger partial charge >= 0.3 is 0 Å². The summed E-state index contributed by atoms with van der Waals surface area (Å²) in [4.78, 5) is 4.06. The molecule has 2 N–H and O–H groups in total. The molecule has 0 amide bonds. The zero-order chi connectivity index (χ0) is 16.8. The van der Waals surface area contributed by atoms with Gasteiger partial charge in [0.25, 0.3) is 0 Å². The molecule has 0 saturated carbocycles. The SMILES string of the molecule is COc1cccc(CNc2ncn[nH]2)c1OCc1ccc(C)cc1. The van der Waals surface area contributed by atoms with Gasteiger partial charge in [-0.05, 0) is 18.6 Å². The smallest absolute Gasteiger partial charge is 0.218 e. The molecule has 124 valence electrons. The third kappa shape index (κ3) is 3.84. The summed E-state index contributed by atoms with van der Waals surface area (Å²) in [6, 6.07) is 14.1. The number of rotatable bonds is 7. The highest BCUT2D eigenvalue weighted by atomic mass is 16.5. The monoisotopic (exact) mass is 324 g/mol. The fourth-order valence-corrected chi connectivity index (χ4v) is 2.33. The third-order valence-electron chi connectivity index (χ3n) is 3.65. The lowest BCUT2D eigenvalue weighted by atomic mass is 10.1. The number of nitrogens with zero attached hydrogens (tertiary/aromatic N) is 2. The predicted octanol–water partition coefficient (Wildman–Crippen LogP) is 3.31. The number of benzene rings is 2. The van der Waals surface area contributed by atoms with Gasteiger partial charge in [0.05, 0.1) is 7.11 Å². The quantitative estimate of drug-likeness (QED) is 0.697. The zero-order valence-electron chi connectivity index (χ0n) is 13.7. The van der Waals surface area contributed by atoms with Crippen molar-refractivity contribution in [3.63, 3.8) is 0 Å². The van der Waals surface area contributed by atoms with E-state index >= 15 is 0 Å². The molecule has 0 radical (unpaired) electrons. The summed E-state index contributed by atoms with van der Waals surface area (Å²) in [5.74, 6) is 2.05. The molecule has 1 aromatic heterocycles. The van der Waals surface area contributed by atoms with Crippen LogP contribution < -0.4 is 14.8 Å².